The number of carboxylic acid groups (broad SMARTS) is 1. The van der Waals surface area contributed by atoms with Gasteiger partial charge in [-0.05, 0) is 31.4 Å². The molecule has 1 aromatic heterocycles. The first-order chi connectivity index (χ1) is 6.67. The van der Waals surface area contributed by atoms with Gasteiger partial charge in [0.25, 0.3) is 0 Å². The average Bonchev–Trinajstić information content (AvgIpc) is 2.00. The lowest BCUT2D eigenvalue weighted by atomic mass is 9.34. The van der Waals surface area contributed by atoms with Crippen molar-refractivity contribution < 1.29 is 9.90 Å². The van der Waals surface area contributed by atoms with Crippen LogP contribution in [0.4, 0.5) is 0 Å². The Morgan fingerprint density at radius 3 is 2.57 bits per heavy atom. The van der Waals surface area contributed by atoms with E-state index in [0.29, 0.717) is 0 Å². The van der Waals surface area contributed by atoms with E-state index in [0.717, 1.165) is 25.0 Å². The molecule has 3 heteroatoms. The molecular weight excluding hydrogens is 178 g/mol. The van der Waals surface area contributed by atoms with Gasteiger partial charge >= 0.3 is 5.97 Å². The first-order valence-electron chi connectivity index (χ1n) is 4.82. The molecule has 0 atom stereocenters. The number of rotatable bonds is 2. The SMILES string of the molecule is O=C(O)C12CC(c3ccccn3)(C1)C2. The smallest absolute Gasteiger partial charge is 0.309 e. The highest BCUT2D eigenvalue weighted by Crippen LogP contribution is 2.73. The van der Waals surface area contributed by atoms with Crippen molar-refractivity contribution in [1.82, 2.24) is 4.98 Å². The van der Waals surface area contributed by atoms with Gasteiger partial charge in [-0.25, -0.2) is 0 Å². The predicted molar refractivity (Wildman–Crippen MR) is 49.8 cm³/mol. The summed E-state index contributed by atoms with van der Waals surface area (Å²) in [4.78, 5) is 15.2. The van der Waals surface area contributed by atoms with Gasteiger partial charge in [0, 0.05) is 17.3 Å². The van der Waals surface area contributed by atoms with Crippen LogP contribution < -0.4 is 0 Å². The number of pyridine rings is 1. The van der Waals surface area contributed by atoms with E-state index in [1.807, 2.05) is 18.2 Å². The number of aliphatic carboxylic acids is 1. The Labute approximate surface area is 81.8 Å². The quantitative estimate of drug-likeness (QED) is 0.768. The van der Waals surface area contributed by atoms with Crippen LogP contribution in [0.3, 0.4) is 0 Å². The van der Waals surface area contributed by atoms with Gasteiger partial charge in [0.15, 0.2) is 0 Å². The molecule has 3 fully saturated rings. The zero-order chi connectivity index (χ0) is 9.81. The minimum absolute atomic E-state index is 0.111. The van der Waals surface area contributed by atoms with Crippen molar-refractivity contribution in [2.24, 2.45) is 5.41 Å². The first-order valence-corrected chi connectivity index (χ1v) is 4.82. The summed E-state index contributed by atoms with van der Waals surface area (Å²) in [5.74, 6) is -0.629. The third kappa shape index (κ3) is 0.733. The highest BCUT2D eigenvalue weighted by atomic mass is 16.4. The number of aromatic nitrogens is 1. The van der Waals surface area contributed by atoms with Crippen LogP contribution >= 0.6 is 0 Å². The highest BCUT2D eigenvalue weighted by molar-refractivity contribution is 5.80. The molecule has 3 saturated carbocycles. The van der Waals surface area contributed by atoms with Gasteiger partial charge in [0.05, 0.1) is 5.41 Å². The summed E-state index contributed by atoms with van der Waals surface area (Å²) in [5.41, 5.74) is 0.792. The van der Waals surface area contributed by atoms with Crippen LogP contribution in [-0.2, 0) is 10.2 Å². The monoisotopic (exact) mass is 189 g/mol. The van der Waals surface area contributed by atoms with Crippen molar-refractivity contribution in [3.63, 3.8) is 0 Å². The van der Waals surface area contributed by atoms with Gasteiger partial charge in [-0.15, -0.1) is 0 Å². The largest absolute Gasteiger partial charge is 0.481 e. The topological polar surface area (TPSA) is 50.2 Å². The lowest BCUT2D eigenvalue weighted by Gasteiger charge is -2.67. The van der Waals surface area contributed by atoms with E-state index in [9.17, 15) is 4.79 Å². The molecule has 0 saturated heterocycles. The Hall–Kier alpha value is -1.38. The van der Waals surface area contributed by atoms with Crippen LogP contribution in [-0.4, -0.2) is 16.1 Å². The second-order valence-corrected chi connectivity index (χ2v) is 4.61. The molecule has 0 spiro atoms. The van der Waals surface area contributed by atoms with Crippen molar-refractivity contribution in [3.8, 4) is 0 Å². The summed E-state index contributed by atoms with van der Waals surface area (Å²) in [6.45, 7) is 0. The van der Waals surface area contributed by atoms with Gasteiger partial charge < -0.3 is 5.11 Å². The third-order valence-electron chi connectivity index (χ3n) is 3.69. The van der Waals surface area contributed by atoms with Crippen LogP contribution in [0.2, 0.25) is 0 Å². The molecule has 3 aliphatic carbocycles. The maximum Gasteiger partial charge on any atom is 0.309 e. The van der Waals surface area contributed by atoms with Crippen molar-refractivity contribution in [1.29, 1.82) is 0 Å². The maximum atomic E-state index is 10.9. The summed E-state index contributed by atoms with van der Waals surface area (Å²) >= 11 is 0. The van der Waals surface area contributed by atoms with Gasteiger partial charge in [-0.2, -0.15) is 0 Å². The minimum Gasteiger partial charge on any atom is -0.481 e. The molecule has 3 aliphatic rings. The van der Waals surface area contributed by atoms with Crippen molar-refractivity contribution >= 4 is 5.97 Å². The fourth-order valence-corrected chi connectivity index (χ4v) is 2.96. The fraction of sp³-hybridized carbons (Fsp3) is 0.455. The minimum atomic E-state index is -0.629. The van der Waals surface area contributed by atoms with Crippen LogP contribution in [0.15, 0.2) is 24.4 Å². The van der Waals surface area contributed by atoms with Crippen LogP contribution in [0.5, 0.6) is 0 Å². The maximum absolute atomic E-state index is 10.9. The highest BCUT2D eigenvalue weighted by Gasteiger charge is 2.73. The molecule has 0 radical (unpaired) electrons. The second kappa shape index (κ2) is 2.16. The molecule has 1 N–H and O–H groups in total. The van der Waals surface area contributed by atoms with Crippen LogP contribution in [0.1, 0.15) is 25.0 Å². The molecular formula is C11H11NO2. The Morgan fingerprint density at radius 1 is 1.36 bits per heavy atom. The molecule has 1 heterocycles. The molecule has 1 aromatic rings. The Kier molecular flexibility index (Phi) is 1.23. The lowest BCUT2D eigenvalue weighted by molar-refractivity contribution is -0.195. The molecule has 0 amide bonds. The molecule has 0 aromatic carbocycles. The summed E-state index contributed by atoms with van der Waals surface area (Å²) in [7, 11) is 0. The number of carbonyl (C=O) groups is 1. The van der Waals surface area contributed by atoms with E-state index in [4.69, 9.17) is 5.11 Å². The van der Waals surface area contributed by atoms with Crippen molar-refractivity contribution in [2.75, 3.05) is 0 Å². The van der Waals surface area contributed by atoms with Gasteiger partial charge in [-0.1, -0.05) is 6.07 Å². The predicted octanol–water partition coefficient (Wildman–Crippen LogP) is 1.59. The second-order valence-electron chi connectivity index (χ2n) is 4.61. The van der Waals surface area contributed by atoms with E-state index < -0.39 is 11.4 Å². The molecule has 4 rings (SSSR count). The molecule has 3 nitrogen and oxygen atoms in total. The van der Waals surface area contributed by atoms with E-state index in [1.54, 1.807) is 6.20 Å². The summed E-state index contributed by atoms with van der Waals surface area (Å²) in [6, 6.07) is 5.86. The van der Waals surface area contributed by atoms with E-state index >= 15 is 0 Å². The number of carboxylic acids is 1. The summed E-state index contributed by atoms with van der Waals surface area (Å²) in [5, 5.41) is 8.97. The normalized spacial score (nSPS) is 38.3. The standard InChI is InChI=1S/C11H11NO2/c13-9(14)11-5-10(6-11,7-11)8-3-1-2-4-12-8/h1-4H,5-7H2,(H,13,14). The number of hydrogen-bond donors (Lipinski definition) is 1. The first kappa shape index (κ1) is 7.97. The fourth-order valence-electron chi connectivity index (χ4n) is 2.96. The molecule has 2 bridgehead atoms. The van der Waals surface area contributed by atoms with Crippen molar-refractivity contribution in [2.45, 2.75) is 24.7 Å². The van der Waals surface area contributed by atoms with Crippen LogP contribution in [0.25, 0.3) is 0 Å². The molecule has 0 unspecified atom stereocenters. The number of nitrogens with zero attached hydrogens (tertiary/aromatic N) is 1. The van der Waals surface area contributed by atoms with Gasteiger partial charge in [0.2, 0.25) is 0 Å². The zero-order valence-corrected chi connectivity index (χ0v) is 7.73. The summed E-state index contributed by atoms with van der Waals surface area (Å²) in [6.07, 6.45) is 4.13. The van der Waals surface area contributed by atoms with Gasteiger partial charge in [-0.3, -0.25) is 9.78 Å². The molecule has 0 aliphatic heterocycles. The molecule has 14 heavy (non-hydrogen) atoms. The number of hydrogen-bond acceptors (Lipinski definition) is 2. The van der Waals surface area contributed by atoms with Crippen molar-refractivity contribution in [3.05, 3.63) is 30.1 Å². The lowest BCUT2D eigenvalue weighted by Crippen LogP contribution is -2.68. The zero-order valence-electron chi connectivity index (χ0n) is 7.73. The van der Waals surface area contributed by atoms with Crippen LogP contribution in [0, 0.1) is 5.41 Å². The van der Waals surface area contributed by atoms with E-state index in [2.05, 4.69) is 4.98 Å². The third-order valence-corrected chi connectivity index (χ3v) is 3.69. The van der Waals surface area contributed by atoms with E-state index in [-0.39, 0.29) is 5.41 Å². The molecule has 72 valence electrons. The Morgan fingerprint density at radius 2 is 2.07 bits per heavy atom. The van der Waals surface area contributed by atoms with E-state index in [1.165, 1.54) is 0 Å². The van der Waals surface area contributed by atoms with Gasteiger partial charge in [0.1, 0.15) is 0 Å². The average molecular weight is 189 g/mol. The summed E-state index contributed by atoms with van der Waals surface area (Å²) < 4.78 is 0. The Bertz CT molecular complexity index is 379. The Balaban J connectivity index is 1.85.